The van der Waals surface area contributed by atoms with Crippen molar-refractivity contribution in [2.75, 3.05) is 13.1 Å². The van der Waals surface area contributed by atoms with Gasteiger partial charge in [0.15, 0.2) is 0 Å². The third-order valence-electron chi connectivity index (χ3n) is 6.86. The normalized spacial score (nSPS) is 35.4. The van der Waals surface area contributed by atoms with E-state index in [-0.39, 0.29) is 11.8 Å². The maximum Gasteiger partial charge on any atom is 0.225 e. The molecule has 1 saturated heterocycles. The van der Waals surface area contributed by atoms with E-state index in [2.05, 4.69) is 42.2 Å². The summed E-state index contributed by atoms with van der Waals surface area (Å²) in [5, 5.41) is 9.84. The number of likely N-dealkylation sites (tertiary alicyclic amines) is 1. The van der Waals surface area contributed by atoms with Crippen LogP contribution in [0.4, 0.5) is 0 Å². The van der Waals surface area contributed by atoms with E-state index in [0.29, 0.717) is 24.2 Å². The van der Waals surface area contributed by atoms with Crippen molar-refractivity contribution >= 4 is 5.91 Å². The molecule has 1 spiro atoms. The number of amides is 1. The van der Waals surface area contributed by atoms with Gasteiger partial charge in [-0.1, -0.05) is 37.3 Å². The van der Waals surface area contributed by atoms with Crippen LogP contribution < -0.4 is 0 Å². The van der Waals surface area contributed by atoms with E-state index in [0.717, 1.165) is 19.0 Å². The summed E-state index contributed by atoms with van der Waals surface area (Å²) in [6.45, 7) is 6.09. The van der Waals surface area contributed by atoms with E-state index < -0.39 is 5.60 Å². The van der Waals surface area contributed by atoms with Gasteiger partial charge in [-0.25, -0.2) is 0 Å². The number of carbonyl (C=O) groups is 1. The maximum atomic E-state index is 12.5. The highest BCUT2D eigenvalue weighted by Gasteiger charge is 2.53. The fourth-order valence-corrected chi connectivity index (χ4v) is 5.35. The Hall–Kier alpha value is -1.35. The highest BCUT2D eigenvalue weighted by Crippen LogP contribution is 2.53. The van der Waals surface area contributed by atoms with Crippen LogP contribution in [0.2, 0.25) is 0 Å². The summed E-state index contributed by atoms with van der Waals surface area (Å²) in [6.07, 6.45) is 5.10. The number of nitrogens with zero attached hydrogens (tertiary/aromatic N) is 1. The molecule has 24 heavy (non-hydrogen) atoms. The molecule has 1 N–H and O–H groups in total. The second-order valence-corrected chi connectivity index (χ2v) is 9.00. The molecule has 1 heterocycles. The van der Waals surface area contributed by atoms with Crippen molar-refractivity contribution in [1.82, 2.24) is 4.90 Å². The molecule has 1 amide bonds. The topological polar surface area (TPSA) is 40.5 Å². The van der Waals surface area contributed by atoms with Gasteiger partial charge in [0, 0.05) is 24.4 Å². The van der Waals surface area contributed by atoms with Crippen molar-refractivity contribution in [2.24, 2.45) is 17.3 Å². The molecular weight excluding hydrogens is 298 g/mol. The first kappa shape index (κ1) is 16.1. The lowest BCUT2D eigenvalue weighted by Gasteiger charge is -2.52. The summed E-state index contributed by atoms with van der Waals surface area (Å²) in [4.78, 5) is 14.5. The minimum absolute atomic E-state index is 0.0674. The highest BCUT2D eigenvalue weighted by molar-refractivity contribution is 5.81. The Bertz CT molecular complexity index is 610. The molecule has 1 aromatic rings. The van der Waals surface area contributed by atoms with Gasteiger partial charge in [-0.3, -0.25) is 4.79 Å². The van der Waals surface area contributed by atoms with E-state index in [1.165, 1.54) is 24.8 Å². The standard InChI is InChI=1S/C21H29NO2/c1-15(16-6-4-3-5-7-16)17-8-9-21(12-17)13-22(14-21)19(23)18-10-20(2,24)11-18/h3-7,15,17-18,24H,8-14H2,1-2H3/t15-,17-,18-,20+/m0/s1. The predicted octanol–water partition coefficient (Wildman–Crippen LogP) is 3.58. The summed E-state index contributed by atoms with van der Waals surface area (Å²) >= 11 is 0. The van der Waals surface area contributed by atoms with E-state index in [4.69, 9.17) is 0 Å². The van der Waals surface area contributed by atoms with Crippen molar-refractivity contribution in [2.45, 2.75) is 57.5 Å². The zero-order valence-electron chi connectivity index (χ0n) is 14.9. The molecule has 130 valence electrons. The number of aliphatic hydroxyl groups is 1. The molecule has 0 aromatic heterocycles. The average molecular weight is 327 g/mol. The number of rotatable bonds is 3. The summed E-state index contributed by atoms with van der Waals surface area (Å²) in [5.41, 5.74) is 1.23. The van der Waals surface area contributed by atoms with E-state index in [1.54, 1.807) is 0 Å². The average Bonchev–Trinajstić information content (AvgIpc) is 2.96. The third kappa shape index (κ3) is 2.77. The van der Waals surface area contributed by atoms with Gasteiger partial charge in [-0.15, -0.1) is 0 Å². The van der Waals surface area contributed by atoms with Crippen LogP contribution in [0.3, 0.4) is 0 Å². The van der Waals surface area contributed by atoms with Crippen LogP contribution in [0.15, 0.2) is 30.3 Å². The first-order valence-corrected chi connectivity index (χ1v) is 9.44. The van der Waals surface area contributed by atoms with Gasteiger partial charge in [0.05, 0.1) is 5.60 Å². The Morgan fingerprint density at radius 3 is 2.50 bits per heavy atom. The van der Waals surface area contributed by atoms with Crippen molar-refractivity contribution in [3.63, 3.8) is 0 Å². The van der Waals surface area contributed by atoms with E-state index >= 15 is 0 Å². The zero-order chi connectivity index (χ0) is 16.9. The van der Waals surface area contributed by atoms with Gasteiger partial charge in [0.2, 0.25) is 5.91 Å². The molecule has 1 aliphatic heterocycles. The van der Waals surface area contributed by atoms with Gasteiger partial charge < -0.3 is 10.0 Å². The fourth-order valence-electron chi connectivity index (χ4n) is 5.35. The Balaban J connectivity index is 1.31. The van der Waals surface area contributed by atoms with Crippen LogP contribution in [0.25, 0.3) is 0 Å². The Labute approximate surface area is 145 Å². The molecule has 2 atom stereocenters. The molecule has 3 nitrogen and oxygen atoms in total. The quantitative estimate of drug-likeness (QED) is 0.922. The molecule has 0 unspecified atom stereocenters. The van der Waals surface area contributed by atoms with E-state index in [1.807, 2.05) is 6.92 Å². The van der Waals surface area contributed by atoms with Crippen molar-refractivity contribution in [1.29, 1.82) is 0 Å². The molecule has 0 bridgehead atoms. The van der Waals surface area contributed by atoms with Gasteiger partial charge in [-0.05, 0) is 56.4 Å². The molecule has 2 saturated carbocycles. The second-order valence-electron chi connectivity index (χ2n) is 9.00. The first-order chi connectivity index (χ1) is 11.4. The molecule has 4 rings (SSSR count). The van der Waals surface area contributed by atoms with Crippen LogP contribution in [0, 0.1) is 17.3 Å². The molecule has 3 heteroatoms. The summed E-state index contributed by atoms with van der Waals surface area (Å²) in [7, 11) is 0. The van der Waals surface area contributed by atoms with Crippen LogP contribution in [-0.2, 0) is 4.79 Å². The first-order valence-electron chi connectivity index (χ1n) is 9.44. The molecule has 0 radical (unpaired) electrons. The largest absolute Gasteiger partial charge is 0.390 e. The van der Waals surface area contributed by atoms with Gasteiger partial charge in [0.25, 0.3) is 0 Å². The summed E-state index contributed by atoms with van der Waals surface area (Å²) < 4.78 is 0. The monoisotopic (exact) mass is 327 g/mol. The van der Waals surface area contributed by atoms with Crippen molar-refractivity contribution < 1.29 is 9.90 Å². The Morgan fingerprint density at radius 1 is 1.21 bits per heavy atom. The summed E-state index contributed by atoms with van der Waals surface area (Å²) in [5.74, 6) is 1.70. The number of hydrogen-bond acceptors (Lipinski definition) is 2. The fraction of sp³-hybridized carbons (Fsp3) is 0.667. The van der Waals surface area contributed by atoms with Crippen molar-refractivity contribution in [3.8, 4) is 0 Å². The van der Waals surface area contributed by atoms with Gasteiger partial charge >= 0.3 is 0 Å². The molecular formula is C21H29NO2. The van der Waals surface area contributed by atoms with Gasteiger partial charge in [0.1, 0.15) is 0 Å². The number of carbonyl (C=O) groups excluding carboxylic acids is 1. The minimum atomic E-state index is -0.605. The SMILES string of the molecule is C[C@@H](c1ccccc1)[C@H]1CCC2(C1)CN(C(=O)[C@H]1C[C@@](C)(O)C1)C2. The molecule has 1 aromatic carbocycles. The Kier molecular flexibility index (Phi) is 3.76. The van der Waals surface area contributed by atoms with Crippen LogP contribution in [0.1, 0.15) is 57.4 Å². The molecule has 3 aliphatic rings. The lowest BCUT2D eigenvalue weighted by Crippen LogP contribution is -2.61. The molecule has 3 fully saturated rings. The smallest absolute Gasteiger partial charge is 0.225 e. The van der Waals surface area contributed by atoms with Crippen molar-refractivity contribution in [3.05, 3.63) is 35.9 Å². The highest BCUT2D eigenvalue weighted by atomic mass is 16.3. The lowest BCUT2D eigenvalue weighted by molar-refractivity contribution is -0.161. The molecule has 2 aliphatic carbocycles. The van der Waals surface area contributed by atoms with Crippen LogP contribution in [-0.4, -0.2) is 34.6 Å². The summed E-state index contributed by atoms with van der Waals surface area (Å²) in [6, 6.07) is 10.8. The van der Waals surface area contributed by atoms with E-state index in [9.17, 15) is 9.90 Å². The zero-order valence-corrected chi connectivity index (χ0v) is 14.9. The third-order valence-corrected chi connectivity index (χ3v) is 6.86. The number of benzene rings is 1. The van der Waals surface area contributed by atoms with Crippen LogP contribution in [0.5, 0.6) is 0 Å². The number of hydrogen-bond donors (Lipinski definition) is 1. The lowest BCUT2D eigenvalue weighted by atomic mass is 9.69. The maximum absolute atomic E-state index is 12.5. The van der Waals surface area contributed by atoms with Gasteiger partial charge in [-0.2, -0.15) is 0 Å². The van der Waals surface area contributed by atoms with Crippen LogP contribution >= 0.6 is 0 Å². The minimum Gasteiger partial charge on any atom is -0.390 e. The Morgan fingerprint density at radius 2 is 1.88 bits per heavy atom. The predicted molar refractivity (Wildman–Crippen MR) is 94.6 cm³/mol. The second kappa shape index (κ2) is 5.59.